The van der Waals surface area contributed by atoms with E-state index in [0.29, 0.717) is 58.5 Å². The third-order valence-corrected chi connectivity index (χ3v) is 7.02. The number of benzene rings is 1. The van der Waals surface area contributed by atoms with Crippen molar-refractivity contribution in [1.82, 2.24) is 14.3 Å². The number of amides is 1. The fourth-order valence-corrected chi connectivity index (χ4v) is 4.89. The van der Waals surface area contributed by atoms with Crippen molar-refractivity contribution in [2.24, 2.45) is 5.92 Å². The van der Waals surface area contributed by atoms with Gasteiger partial charge in [0, 0.05) is 44.0 Å². The number of carbonyl (C=O) groups excluding carboxylic acids is 2. The Labute approximate surface area is 210 Å². The molecule has 0 N–H and O–H groups in total. The summed E-state index contributed by atoms with van der Waals surface area (Å²) in [4.78, 5) is 33.6. The summed E-state index contributed by atoms with van der Waals surface area (Å²) in [5, 5.41) is 0.775. The van der Waals surface area contributed by atoms with Crippen LogP contribution in [0.3, 0.4) is 0 Å². The number of piperidine rings is 1. The number of rotatable bonds is 10. The first-order valence-electron chi connectivity index (χ1n) is 12.1. The molecule has 8 nitrogen and oxygen atoms in total. The van der Waals surface area contributed by atoms with Crippen LogP contribution in [0.1, 0.15) is 48.9 Å². The minimum atomic E-state index is -0.151. The van der Waals surface area contributed by atoms with Gasteiger partial charge in [-0.15, -0.1) is 0 Å². The normalized spacial score (nSPS) is 14.2. The minimum Gasteiger partial charge on any atom is -0.467 e. The smallest absolute Gasteiger partial charge is 0.309 e. The first-order valence-corrected chi connectivity index (χ1v) is 12.9. The van der Waals surface area contributed by atoms with E-state index in [-0.39, 0.29) is 17.8 Å². The second-order valence-electron chi connectivity index (χ2n) is 8.81. The van der Waals surface area contributed by atoms with Crippen molar-refractivity contribution in [3.8, 4) is 0 Å². The first kappa shape index (κ1) is 24.9. The fraction of sp³-hybridized carbons (Fsp3) is 0.462. The fourth-order valence-electron chi connectivity index (χ4n) is 4.18. The van der Waals surface area contributed by atoms with E-state index < -0.39 is 0 Å². The maximum Gasteiger partial charge on any atom is 0.309 e. The van der Waals surface area contributed by atoms with Crippen LogP contribution >= 0.6 is 11.5 Å². The quantitative estimate of drug-likeness (QED) is 0.388. The lowest BCUT2D eigenvalue weighted by molar-refractivity contribution is -0.151. The van der Waals surface area contributed by atoms with Gasteiger partial charge in [0.15, 0.2) is 0 Å². The van der Waals surface area contributed by atoms with E-state index in [0.717, 1.165) is 16.7 Å². The molecule has 9 heteroatoms. The molecule has 1 aliphatic rings. The van der Waals surface area contributed by atoms with E-state index in [2.05, 4.69) is 40.5 Å². The second-order valence-corrected chi connectivity index (χ2v) is 9.54. The highest BCUT2D eigenvalue weighted by molar-refractivity contribution is 7.09. The van der Waals surface area contributed by atoms with Crippen molar-refractivity contribution in [2.75, 3.05) is 31.1 Å². The van der Waals surface area contributed by atoms with Crippen molar-refractivity contribution in [3.05, 3.63) is 65.4 Å². The number of hydrogen-bond acceptors (Lipinski definition) is 8. The highest BCUT2D eigenvalue weighted by Crippen LogP contribution is 2.23. The number of hydrogen-bond donors (Lipinski definition) is 0. The predicted molar refractivity (Wildman–Crippen MR) is 134 cm³/mol. The molecule has 0 radical (unpaired) electrons. The SMILES string of the molecule is CCOC(=O)C1CCN(C(=O)CCN(Cc2ccco2)c2nc(Cc3ccc(C)cc3)ns2)CC1. The molecule has 0 aliphatic carbocycles. The van der Waals surface area contributed by atoms with Crippen molar-refractivity contribution in [2.45, 2.75) is 46.1 Å². The molecule has 3 heterocycles. The summed E-state index contributed by atoms with van der Waals surface area (Å²) in [5.74, 6) is 1.40. The molecule has 3 aromatic rings. The zero-order chi connectivity index (χ0) is 24.6. The van der Waals surface area contributed by atoms with Gasteiger partial charge in [-0.3, -0.25) is 9.59 Å². The lowest BCUT2D eigenvalue weighted by atomic mass is 9.97. The average molecular weight is 497 g/mol. The summed E-state index contributed by atoms with van der Waals surface area (Å²) in [6, 6.07) is 12.2. The number of furan rings is 1. The summed E-state index contributed by atoms with van der Waals surface area (Å²) in [5.41, 5.74) is 2.39. The standard InChI is InChI=1S/C26H32N4O4S/c1-3-33-25(32)21-10-13-29(14-11-21)24(31)12-15-30(18-22-5-4-16-34-22)26-27-23(28-35-26)17-20-8-6-19(2)7-9-20/h4-9,16,21H,3,10-15,17-18H2,1-2H3. The topological polar surface area (TPSA) is 88.8 Å². The van der Waals surface area contributed by atoms with Crippen LogP contribution in [0.2, 0.25) is 0 Å². The Morgan fingerprint density at radius 1 is 1.20 bits per heavy atom. The predicted octanol–water partition coefficient (Wildman–Crippen LogP) is 4.23. The van der Waals surface area contributed by atoms with Crippen molar-refractivity contribution >= 4 is 28.5 Å². The Morgan fingerprint density at radius 2 is 1.97 bits per heavy atom. The van der Waals surface area contributed by atoms with E-state index in [9.17, 15) is 9.59 Å². The number of anilines is 1. The van der Waals surface area contributed by atoms with Gasteiger partial charge in [0.1, 0.15) is 11.6 Å². The van der Waals surface area contributed by atoms with Gasteiger partial charge in [-0.05, 0) is 44.4 Å². The van der Waals surface area contributed by atoms with Gasteiger partial charge in [-0.1, -0.05) is 29.8 Å². The molecule has 4 rings (SSSR count). The van der Waals surface area contributed by atoms with Crippen LogP contribution in [0.4, 0.5) is 5.13 Å². The van der Waals surface area contributed by atoms with Gasteiger partial charge in [-0.25, -0.2) is 4.98 Å². The second kappa shape index (κ2) is 12.0. The molecule has 1 aliphatic heterocycles. The van der Waals surface area contributed by atoms with Gasteiger partial charge in [-0.2, -0.15) is 4.37 Å². The van der Waals surface area contributed by atoms with Crippen LogP contribution in [0.5, 0.6) is 0 Å². The largest absolute Gasteiger partial charge is 0.467 e. The Morgan fingerprint density at radius 3 is 2.66 bits per heavy atom. The van der Waals surface area contributed by atoms with Gasteiger partial charge in [0.05, 0.1) is 25.3 Å². The minimum absolute atomic E-state index is 0.0844. The van der Waals surface area contributed by atoms with E-state index in [1.807, 2.05) is 24.0 Å². The number of carbonyl (C=O) groups is 2. The summed E-state index contributed by atoms with van der Waals surface area (Å²) in [6.07, 6.45) is 3.98. The molecule has 0 atom stereocenters. The average Bonchev–Trinajstić information content (AvgIpc) is 3.55. The van der Waals surface area contributed by atoms with Gasteiger partial charge >= 0.3 is 5.97 Å². The molecule has 186 valence electrons. The van der Waals surface area contributed by atoms with E-state index in [1.165, 1.54) is 22.7 Å². The summed E-state index contributed by atoms with van der Waals surface area (Å²) >= 11 is 1.34. The number of aromatic nitrogens is 2. The molecular weight excluding hydrogens is 464 g/mol. The Hall–Kier alpha value is -3.20. The van der Waals surface area contributed by atoms with Crippen LogP contribution < -0.4 is 4.90 Å². The monoisotopic (exact) mass is 496 g/mol. The number of nitrogens with zero attached hydrogens (tertiary/aromatic N) is 4. The molecule has 0 bridgehead atoms. The Kier molecular flexibility index (Phi) is 8.52. The summed E-state index contributed by atoms with van der Waals surface area (Å²) in [6.45, 7) is 6.47. The lowest BCUT2D eigenvalue weighted by Crippen LogP contribution is -2.41. The third kappa shape index (κ3) is 6.91. The van der Waals surface area contributed by atoms with Crippen molar-refractivity contribution in [3.63, 3.8) is 0 Å². The third-order valence-electron chi connectivity index (χ3n) is 6.20. The molecule has 1 amide bonds. The molecular formula is C26H32N4O4S. The molecule has 2 aromatic heterocycles. The van der Waals surface area contributed by atoms with Gasteiger partial charge in [0.25, 0.3) is 0 Å². The van der Waals surface area contributed by atoms with Crippen LogP contribution in [0.15, 0.2) is 47.1 Å². The van der Waals surface area contributed by atoms with Crippen LogP contribution in [-0.4, -0.2) is 52.4 Å². The van der Waals surface area contributed by atoms with Gasteiger partial charge < -0.3 is 19.0 Å². The number of aryl methyl sites for hydroxylation is 1. The number of likely N-dealkylation sites (tertiary alicyclic amines) is 1. The Balaban J connectivity index is 1.36. The number of esters is 1. The highest BCUT2D eigenvalue weighted by atomic mass is 32.1. The van der Waals surface area contributed by atoms with Gasteiger partial charge in [0.2, 0.25) is 11.0 Å². The molecule has 1 fully saturated rings. The molecule has 0 unspecified atom stereocenters. The molecule has 1 saturated heterocycles. The Bertz CT molecular complexity index is 1090. The maximum absolute atomic E-state index is 12.9. The van der Waals surface area contributed by atoms with Crippen molar-refractivity contribution in [1.29, 1.82) is 0 Å². The van der Waals surface area contributed by atoms with E-state index >= 15 is 0 Å². The number of ether oxygens (including phenoxy) is 1. The maximum atomic E-state index is 12.9. The van der Waals surface area contributed by atoms with E-state index in [4.69, 9.17) is 14.1 Å². The first-order chi connectivity index (χ1) is 17.0. The zero-order valence-electron chi connectivity index (χ0n) is 20.3. The highest BCUT2D eigenvalue weighted by Gasteiger charge is 2.28. The molecule has 0 saturated carbocycles. The zero-order valence-corrected chi connectivity index (χ0v) is 21.1. The molecule has 1 aromatic carbocycles. The van der Waals surface area contributed by atoms with Crippen LogP contribution in [0.25, 0.3) is 0 Å². The summed E-state index contributed by atoms with van der Waals surface area (Å²) in [7, 11) is 0. The van der Waals surface area contributed by atoms with Crippen LogP contribution in [-0.2, 0) is 27.3 Å². The van der Waals surface area contributed by atoms with Crippen LogP contribution in [0, 0.1) is 12.8 Å². The molecule has 0 spiro atoms. The lowest BCUT2D eigenvalue weighted by Gasteiger charge is -2.31. The summed E-state index contributed by atoms with van der Waals surface area (Å²) < 4.78 is 15.2. The van der Waals surface area contributed by atoms with E-state index in [1.54, 1.807) is 6.26 Å². The van der Waals surface area contributed by atoms with Crippen molar-refractivity contribution < 1.29 is 18.7 Å². The molecule has 35 heavy (non-hydrogen) atoms.